The Hall–Kier alpha value is -1.75. The van der Waals surface area contributed by atoms with Gasteiger partial charge in [0.05, 0.1) is 39.6 Å². The van der Waals surface area contributed by atoms with E-state index in [1.165, 1.54) is 57.8 Å². The highest BCUT2D eigenvalue weighted by Gasteiger charge is 2.25. The Labute approximate surface area is 281 Å². The summed E-state index contributed by atoms with van der Waals surface area (Å²) in [6.45, 7) is 8.42. The number of carbonyl (C=O) groups excluding carboxylic acids is 3. The lowest BCUT2D eigenvalue weighted by molar-refractivity contribution is -0.138. The van der Waals surface area contributed by atoms with E-state index in [9.17, 15) is 14.4 Å². The third kappa shape index (κ3) is 28.5. The number of ether oxygens (including phenoxy) is 4. The van der Waals surface area contributed by atoms with Crippen molar-refractivity contribution in [3.8, 4) is 0 Å². The molecule has 0 bridgehead atoms. The van der Waals surface area contributed by atoms with Crippen molar-refractivity contribution in [3.05, 3.63) is 0 Å². The lowest BCUT2D eigenvalue weighted by atomic mass is 10.1. The van der Waals surface area contributed by atoms with Crippen LogP contribution < -0.4 is 10.6 Å². The van der Waals surface area contributed by atoms with E-state index in [0.29, 0.717) is 85.0 Å². The van der Waals surface area contributed by atoms with Crippen molar-refractivity contribution in [2.24, 2.45) is 0 Å². The van der Waals surface area contributed by atoms with Gasteiger partial charge in [-0.25, -0.2) is 0 Å². The summed E-state index contributed by atoms with van der Waals surface area (Å²) < 4.78 is 21.4. The van der Waals surface area contributed by atoms with Crippen molar-refractivity contribution in [2.45, 2.75) is 142 Å². The predicted octanol–water partition coefficient (Wildman–Crippen LogP) is 6.19. The van der Waals surface area contributed by atoms with Crippen LogP contribution >= 0.6 is 0 Å². The molecule has 2 N–H and O–H groups in total. The average molecular weight is 658 g/mol. The molecule has 0 aromatic carbocycles. The second-order valence-corrected chi connectivity index (χ2v) is 12.2. The highest BCUT2D eigenvalue weighted by Crippen LogP contribution is 2.11. The summed E-state index contributed by atoms with van der Waals surface area (Å²) in [6.07, 6.45) is 19.2. The maximum Gasteiger partial charge on any atom is 0.245 e. The molecule has 1 atom stereocenters. The Bertz CT molecular complexity index is 697. The molecule has 0 saturated heterocycles. The van der Waals surface area contributed by atoms with E-state index in [2.05, 4.69) is 24.5 Å². The fraction of sp³-hybridized carbons (Fsp3) is 0.917. The summed E-state index contributed by atoms with van der Waals surface area (Å²) in [5.74, 6) is -0.110. The first-order valence-corrected chi connectivity index (χ1v) is 18.5. The molecule has 0 radical (unpaired) electrons. The molecule has 0 unspecified atom stereocenters. The van der Waals surface area contributed by atoms with Crippen molar-refractivity contribution in [3.63, 3.8) is 0 Å². The summed E-state index contributed by atoms with van der Waals surface area (Å²) in [5.41, 5.74) is 0. The van der Waals surface area contributed by atoms with Gasteiger partial charge in [0.2, 0.25) is 17.7 Å². The van der Waals surface area contributed by atoms with Crippen molar-refractivity contribution in [2.75, 3.05) is 73.5 Å². The number of carbonyl (C=O) groups is 3. The maximum absolute atomic E-state index is 13.8. The smallest absolute Gasteiger partial charge is 0.245 e. The summed E-state index contributed by atoms with van der Waals surface area (Å²) >= 11 is 0. The third-order valence-corrected chi connectivity index (χ3v) is 8.08. The van der Waals surface area contributed by atoms with Crippen LogP contribution in [0.25, 0.3) is 0 Å². The number of nitrogens with zero attached hydrogens (tertiary/aromatic N) is 1. The standard InChI is InChI=1S/C36H71N3O7/c1-5-7-9-11-13-15-17-22-34(40)37-24-20-19-21-33(38-35(41)23-18-16-14-12-10-8-6-2)36(42)39(25-27-45-31-29-43-3)26-28-46-32-30-44-4/h33H,5-32H2,1-4H3,(H,37,40)(H,38,41)/t33-/m0/s1. The molecule has 0 aliphatic heterocycles. The van der Waals surface area contributed by atoms with Gasteiger partial charge < -0.3 is 34.5 Å². The van der Waals surface area contributed by atoms with Crippen LogP contribution in [0.3, 0.4) is 0 Å². The van der Waals surface area contributed by atoms with Gasteiger partial charge in [0.15, 0.2) is 0 Å². The van der Waals surface area contributed by atoms with E-state index < -0.39 is 6.04 Å². The number of amides is 3. The van der Waals surface area contributed by atoms with Crippen molar-refractivity contribution in [1.82, 2.24) is 15.5 Å². The molecule has 3 amide bonds. The molecule has 0 aromatic rings. The molecular weight excluding hydrogens is 586 g/mol. The van der Waals surface area contributed by atoms with E-state index >= 15 is 0 Å². The van der Waals surface area contributed by atoms with E-state index in [1.807, 2.05) is 0 Å². The van der Waals surface area contributed by atoms with Crippen LogP contribution in [0.2, 0.25) is 0 Å². The van der Waals surface area contributed by atoms with E-state index in [0.717, 1.165) is 38.5 Å². The molecule has 0 aromatic heterocycles. The van der Waals surface area contributed by atoms with Crippen LogP contribution in [0.1, 0.15) is 136 Å². The normalized spacial score (nSPS) is 11.8. The lowest BCUT2D eigenvalue weighted by Crippen LogP contribution is -2.50. The minimum absolute atomic E-state index is 0.0810. The predicted molar refractivity (Wildman–Crippen MR) is 186 cm³/mol. The fourth-order valence-corrected chi connectivity index (χ4v) is 5.19. The monoisotopic (exact) mass is 658 g/mol. The van der Waals surface area contributed by atoms with Gasteiger partial charge in [0.1, 0.15) is 6.04 Å². The average Bonchev–Trinajstić information content (AvgIpc) is 3.05. The molecule has 0 rings (SSSR count). The van der Waals surface area contributed by atoms with Crippen LogP contribution in [0.15, 0.2) is 0 Å². The van der Waals surface area contributed by atoms with Crippen LogP contribution in [0.4, 0.5) is 0 Å². The van der Waals surface area contributed by atoms with Gasteiger partial charge in [0.25, 0.3) is 0 Å². The Morgan fingerprint density at radius 2 is 1.04 bits per heavy atom. The molecule has 0 saturated carbocycles. The Balaban J connectivity index is 4.94. The highest BCUT2D eigenvalue weighted by molar-refractivity contribution is 5.87. The van der Waals surface area contributed by atoms with Gasteiger partial charge in [-0.15, -0.1) is 0 Å². The number of methoxy groups -OCH3 is 2. The fourth-order valence-electron chi connectivity index (χ4n) is 5.19. The second-order valence-electron chi connectivity index (χ2n) is 12.2. The zero-order valence-corrected chi connectivity index (χ0v) is 30.2. The topological polar surface area (TPSA) is 115 Å². The minimum Gasteiger partial charge on any atom is -0.382 e. The largest absolute Gasteiger partial charge is 0.382 e. The molecule has 10 heteroatoms. The van der Waals surface area contributed by atoms with E-state index in [1.54, 1.807) is 19.1 Å². The first kappa shape index (κ1) is 44.2. The van der Waals surface area contributed by atoms with Crippen molar-refractivity contribution in [1.29, 1.82) is 0 Å². The molecule has 46 heavy (non-hydrogen) atoms. The molecule has 272 valence electrons. The SMILES string of the molecule is CCCCCCCCCC(=O)NCCCC[C@H](NC(=O)CCCCCCCCC)C(=O)N(CCOCCOC)CCOCCOC. The number of hydrogen-bond acceptors (Lipinski definition) is 7. The minimum atomic E-state index is -0.626. The highest BCUT2D eigenvalue weighted by atomic mass is 16.5. The Kier molecular flexibility index (Phi) is 33.3. The van der Waals surface area contributed by atoms with Gasteiger partial charge >= 0.3 is 0 Å². The van der Waals surface area contributed by atoms with Gasteiger partial charge in [-0.05, 0) is 32.1 Å². The summed E-state index contributed by atoms with van der Waals surface area (Å²) in [5, 5.41) is 6.07. The number of nitrogens with one attached hydrogen (secondary N) is 2. The van der Waals surface area contributed by atoms with E-state index in [4.69, 9.17) is 18.9 Å². The summed E-state index contributed by atoms with van der Waals surface area (Å²) in [7, 11) is 3.25. The second kappa shape index (κ2) is 34.6. The van der Waals surface area contributed by atoms with Crippen molar-refractivity contribution < 1.29 is 33.3 Å². The van der Waals surface area contributed by atoms with Gasteiger partial charge in [-0.1, -0.05) is 90.9 Å². The molecule has 0 aliphatic carbocycles. The molecular formula is C36H71N3O7. The zero-order chi connectivity index (χ0) is 33.9. The molecule has 0 heterocycles. The zero-order valence-electron chi connectivity index (χ0n) is 30.2. The molecule has 0 aliphatic rings. The first-order chi connectivity index (χ1) is 22.5. The molecule has 0 fully saturated rings. The number of hydrogen-bond donors (Lipinski definition) is 2. The Morgan fingerprint density at radius 1 is 0.565 bits per heavy atom. The van der Waals surface area contributed by atoms with Crippen LogP contribution in [-0.4, -0.2) is 102 Å². The van der Waals surface area contributed by atoms with Crippen LogP contribution in [-0.2, 0) is 33.3 Å². The lowest BCUT2D eigenvalue weighted by Gasteiger charge is -2.28. The maximum atomic E-state index is 13.8. The first-order valence-electron chi connectivity index (χ1n) is 18.5. The molecule has 0 spiro atoms. The molecule has 10 nitrogen and oxygen atoms in total. The number of unbranched alkanes of at least 4 members (excludes halogenated alkanes) is 13. The quantitative estimate of drug-likeness (QED) is 0.0781. The number of rotatable bonds is 35. The Morgan fingerprint density at radius 3 is 1.54 bits per heavy atom. The van der Waals surface area contributed by atoms with Crippen molar-refractivity contribution >= 4 is 17.7 Å². The van der Waals surface area contributed by atoms with Crippen LogP contribution in [0.5, 0.6) is 0 Å². The summed E-state index contributed by atoms with van der Waals surface area (Å²) in [6, 6.07) is -0.626. The van der Waals surface area contributed by atoms with Gasteiger partial charge in [0, 0.05) is 46.7 Å². The third-order valence-electron chi connectivity index (χ3n) is 8.08. The van der Waals surface area contributed by atoms with Gasteiger partial charge in [-0.2, -0.15) is 0 Å². The van der Waals surface area contributed by atoms with E-state index in [-0.39, 0.29) is 17.7 Å². The van der Waals surface area contributed by atoms with Gasteiger partial charge in [-0.3, -0.25) is 14.4 Å². The summed E-state index contributed by atoms with van der Waals surface area (Å²) in [4.78, 5) is 40.7. The van der Waals surface area contributed by atoms with Crippen LogP contribution in [0, 0.1) is 0 Å².